The van der Waals surface area contributed by atoms with Crippen molar-refractivity contribution < 1.29 is 4.74 Å². The lowest BCUT2D eigenvalue weighted by molar-refractivity contribution is 0.414. The first kappa shape index (κ1) is 12.4. The molecular weight excluding hydrogens is 258 g/mol. The highest BCUT2D eigenvalue weighted by atomic mass is 32.1. The summed E-state index contributed by atoms with van der Waals surface area (Å²) in [5.41, 5.74) is 1.21. The normalized spacial score (nSPS) is 16.3. The van der Waals surface area contributed by atoms with Gasteiger partial charge in [-0.2, -0.15) is 5.10 Å². The van der Waals surface area contributed by atoms with Gasteiger partial charge in [-0.3, -0.25) is 9.67 Å². The Morgan fingerprint density at radius 1 is 1.37 bits per heavy atom. The van der Waals surface area contributed by atoms with Crippen LogP contribution >= 0.6 is 12.2 Å². The predicted octanol–water partition coefficient (Wildman–Crippen LogP) is 3.44. The molecule has 0 radical (unpaired) electrons. The van der Waals surface area contributed by atoms with E-state index in [4.69, 9.17) is 17.0 Å². The Morgan fingerprint density at radius 2 is 2.05 bits per heavy atom. The molecule has 1 aliphatic rings. The summed E-state index contributed by atoms with van der Waals surface area (Å²) < 4.78 is 8.02. The molecule has 1 aliphatic carbocycles. The summed E-state index contributed by atoms with van der Waals surface area (Å²) in [6.45, 7) is 2.15. The summed E-state index contributed by atoms with van der Waals surface area (Å²) in [4.78, 5) is 0. The Labute approximate surface area is 117 Å². The van der Waals surface area contributed by atoms with Crippen molar-refractivity contribution in [3.05, 3.63) is 40.4 Å². The number of nitrogens with zero attached hydrogens (tertiary/aromatic N) is 2. The summed E-state index contributed by atoms with van der Waals surface area (Å²) in [5.74, 6) is 2.54. The van der Waals surface area contributed by atoms with E-state index in [9.17, 15) is 0 Å². The minimum atomic E-state index is 0.188. The van der Waals surface area contributed by atoms with Crippen LogP contribution in [0.1, 0.15) is 43.1 Å². The van der Waals surface area contributed by atoms with Crippen molar-refractivity contribution in [2.75, 3.05) is 7.11 Å². The van der Waals surface area contributed by atoms with Crippen LogP contribution < -0.4 is 4.74 Å². The highest BCUT2D eigenvalue weighted by molar-refractivity contribution is 7.71. The molecule has 19 heavy (non-hydrogen) atoms. The monoisotopic (exact) mass is 275 g/mol. The molecule has 5 heteroatoms. The Hall–Kier alpha value is -1.62. The molecule has 1 N–H and O–H groups in total. The lowest BCUT2D eigenvalue weighted by atomic mass is 10.1. The number of hydrogen-bond donors (Lipinski definition) is 1. The molecule has 1 atom stereocenters. The molecule has 1 heterocycles. The van der Waals surface area contributed by atoms with Crippen molar-refractivity contribution in [2.24, 2.45) is 0 Å². The van der Waals surface area contributed by atoms with Gasteiger partial charge in [0.1, 0.15) is 11.6 Å². The van der Waals surface area contributed by atoms with Gasteiger partial charge in [-0.15, -0.1) is 0 Å². The van der Waals surface area contributed by atoms with Gasteiger partial charge < -0.3 is 4.74 Å². The lowest BCUT2D eigenvalue weighted by Gasteiger charge is -2.16. The number of aromatic amines is 1. The summed E-state index contributed by atoms with van der Waals surface area (Å²) in [7, 11) is 1.68. The van der Waals surface area contributed by atoms with Gasteiger partial charge in [0.25, 0.3) is 0 Å². The zero-order valence-electron chi connectivity index (χ0n) is 11.1. The molecule has 4 nitrogen and oxygen atoms in total. The maximum absolute atomic E-state index is 5.36. The zero-order chi connectivity index (χ0) is 13.4. The number of rotatable bonds is 4. The third-order valence-electron chi connectivity index (χ3n) is 3.66. The maximum atomic E-state index is 5.36. The standard InChI is InChI=1S/C14H17N3OS/c1-9(10-5-7-12(18-2)8-6-10)17-13(11-3-4-11)15-16-14(17)19/h5-9,11H,3-4H2,1-2H3,(H,16,19). The van der Waals surface area contributed by atoms with Gasteiger partial charge >= 0.3 is 0 Å². The number of nitrogens with one attached hydrogen (secondary N) is 1. The van der Waals surface area contributed by atoms with Crippen molar-refractivity contribution in [1.29, 1.82) is 0 Å². The Balaban J connectivity index is 1.96. The molecule has 0 spiro atoms. The second-order valence-corrected chi connectivity index (χ2v) is 5.37. The number of H-pyrrole nitrogens is 1. The highest BCUT2D eigenvalue weighted by Gasteiger charge is 2.30. The second kappa shape index (κ2) is 4.81. The molecular formula is C14H17N3OS. The fourth-order valence-electron chi connectivity index (χ4n) is 2.35. The van der Waals surface area contributed by atoms with Crippen molar-refractivity contribution in [1.82, 2.24) is 14.8 Å². The second-order valence-electron chi connectivity index (χ2n) is 4.98. The molecule has 0 bridgehead atoms. The minimum absolute atomic E-state index is 0.188. The molecule has 3 rings (SSSR count). The smallest absolute Gasteiger partial charge is 0.195 e. The fraction of sp³-hybridized carbons (Fsp3) is 0.429. The molecule has 0 amide bonds. The van der Waals surface area contributed by atoms with E-state index in [1.54, 1.807) is 7.11 Å². The number of ether oxygens (including phenoxy) is 1. The van der Waals surface area contributed by atoms with Crippen molar-refractivity contribution in [3.8, 4) is 5.75 Å². The summed E-state index contributed by atoms with van der Waals surface area (Å²) in [6, 6.07) is 8.30. The summed E-state index contributed by atoms with van der Waals surface area (Å²) >= 11 is 5.36. The van der Waals surface area contributed by atoms with Crippen LogP contribution in [-0.2, 0) is 0 Å². The molecule has 1 unspecified atom stereocenters. The van der Waals surface area contributed by atoms with Crippen molar-refractivity contribution >= 4 is 12.2 Å². The van der Waals surface area contributed by atoms with Crippen LogP contribution in [0, 0.1) is 4.77 Å². The maximum Gasteiger partial charge on any atom is 0.195 e. The van der Waals surface area contributed by atoms with Gasteiger partial charge in [0.2, 0.25) is 0 Å². The topological polar surface area (TPSA) is 42.8 Å². The first-order valence-electron chi connectivity index (χ1n) is 6.51. The quantitative estimate of drug-likeness (QED) is 0.869. The van der Waals surface area contributed by atoms with Crippen LogP contribution in [0.15, 0.2) is 24.3 Å². The van der Waals surface area contributed by atoms with Gasteiger partial charge in [0.15, 0.2) is 4.77 Å². The van der Waals surface area contributed by atoms with Crippen LogP contribution in [-0.4, -0.2) is 21.9 Å². The summed E-state index contributed by atoms with van der Waals surface area (Å²) in [5, 5.41) is 7.30. The van der Waals surface area contributed by atoms with Crippen molar-refractivity contribution in [2.45, 2.75) is 31.7 Å². The van der Waals surface area contributed by atoms with E-state index >= 15 is 0 Å². The Morgan fingerprint density at radius 3 is 2.63 bits per heavy atom. The van der Waals surface area contributed by atoms with Gasteiger partial charge in [-0.05, 0) is 49.7 Å². The van der Waals surface area contributed by atoms with Crippen molar-refractivity contribution in [3.63, 3.8) is 0 Å². The first-order chi connectivity index (χ1) is 9.20. The van der Waals surface area contributed by atoms with E-state index in [1.165, 1.54) is 18.4 Å². The largest absolute Gasteiger partial charge is 0.497 e. The SMILES string of the molecule is COc1ccc(C(C)n2c(C3CC3)n[nH]c2=S)cc1. The van der Waals surface area contributed by atoms with Crippen LogP contribution in [0.2, 0.25) is 0 Å². The van der Waals surface area contributed by atoms with E-state index in [-0.39, 0.29) is 6.04 Å². The minimum Gasteiger partial charge on any atom is -0.497 e. The molecule has 1 aromatic heterocycles. The van der Waals surface area contributed by atoms with Crippen LogP contribution in [0.3, 0.4) is 0 Å². The average Bonchev–Trinajstić information content (AvgIpc) is 3.21. The van der Waals surface area contributed by atoms with Gasteiger partial charge in [-0.1, -0.05) is 12.1 Å². The highest BCUT2D eigenvalue weighted by Crippen LogP contribution is 2.40. The van der Waals surface area contributed by atoms with E-state index in [0.717, 1.165) is 11.6 Å². The molecule has 1 aromatic carbocycles. The molecule has 100 valence electrons. The average molecular weight is 275 g/mol. The van der Waals surface area contributed by atoms with E-state index in [2.05, 4.69) is 33.8 Å². The predicted molar refractivity (Wildman–Crippen MR) is 76.2 cm³/mol. The molecule has 0 aliphatic heterocycles. The van der Waals surface area contributed by atoms with Gasteiger partial charge in [0.05, 0.1) is 13.2 Å². The molecule has 1 fully saturated rings. The van der Waals surface area contributed by atoms with E-state index < -0.39 is 0 Å². The van der Waals surface area contributed by atoms with Gasteiger partial charge in [-0.25, -0.2) is 0 Å². The molecule has 2 aromatic rings. The van der Waals surface area contributed by atoms with Crippen LogP contribution in [0.25, 0.3) is 0 Å². The third-order valence-corrected chi connectivity index (χ3v) is 3.95. The Bertz CT molecular complexity index is 625. The number of methoxy groups -OCH3 is 1. The molecule has 0 saturated heterocycles. The zero-order valence-corrected chi connectivity index (χ0v) is 11.9. The van der Waals surface area contributed by atoms with E-state index in [0.29, 0.717) is 10.7 Å². The number of benzene rings is 1. The lowest BCUT2D eigenvalue weighted by Crippen LogP contribution is -2.10. The fourth-order valence-corrected chi connectivity index (χ4v) is 2.65. The Kier molecular flexibility index (Phi) is 3.14. The number of aromatic nitrogens is 3. The van der Waals surface area contributed by atoms with Crippen LogP contribution in [0.4, 0.5) is 0 Å². The summed E-state index contributed by atoms with van der Waals surface area (Å²) in [6.07, 6.45) is 2.43. The van der Waals surface area contributed by atoms with E-state index in [1.807, 2.05) is 12.1 Å². The number of hydrogen-bond acceptors (Lipinski definition) is 3. The third kappa shape index (κ3) is 2.30. The van der Waals surface area contributed by atoms with Crippen LogP contribution in [0.5, 0.6) is 5.75 Å². The molecule has 1 saturated carbocycles. The first-order valence-corrected chi connectivity index (χ1v) is 6.92. The van der Waals surface area contributed by atoms with Gasteiger partial charge in [0, 0.05) is 5.92 Å².